The van der Waals surface area contributed by atoms with Gasteiger partial charge in [0.05, 0.1) is 0 Å². The van der Waals surface area contributed by atoms with Crippen molar-refractivity contribution >= 4 is 11.8 Å². The Morgan fingerprint density at radius 3 is 2.12 bits per heavy atom. The molecule has 3 heterocycles. The molecule has 0 spiro atoms. The fraction of sp³-hybridized carbons (Fsp3) is 0.538. The van der Waals surface area contributed by atoms with Gasteiger partial charge in [-0.25, -0.2) is 4.98 Å². The minimum Gasteiger partial charge on any atom is -0.357 e. The zero-order valence-corrected chi connectivity index (χ0v) is 19.5. The van der Waals surface area contributed by atoms with E-state index < -0.39 is 0 Å². The summed E-state index contributed by atoms with van der Waals surface area (Å²) < 4.78 is 0. The van der Waals surface area contributed by atoms with Crippen molar-refractivity contribution in [3.8, 4) is 0 Å². The van der Waals surface area contributed by atoms with Gasteiger partial charge in [-0.3, -0.25) is 9.89 Å². The second kappa shape index (κ2) is 11.9. The van der Waals surface area contributed by atoms with Crippen LogP contribution in [-0.4, -0.2) is 49.1 Å². The number of rotatable bonds is 7. The average molecular weight is 435 g/mol. The minimum atomic E-state index is 0.734. The van der Waals surface area contributed by atoms with Gasteiger partial charge in [0, 0.05) is 46.0 Å². The maximum absolute atomic E-state index is 4.58. The first-order valence-electron chi connectivity index (χ1n) is 12.2. The molecule has 0 bridgehead atoms. The molecule has 32 heavy (non-hydrogen) atoms. The summed E-state index contributed by atoms with van der Waals surface area (Å²) in [5.74, 6) is 1.91. The summed E-state index contributed by atoms with van der Waals surface area (Å²) in [4.78, 5) is 13.9. The number of likely N-dealkylation sites (tertiary alicyclic amines) is 1. The molecule has 2 saturated heterocycles. The summed E-state index contributed by atoms with van der Waals surface area (Å²) in [5, 5.41) is 6.87. The molecule has 6 nitrogen and oxygen atoms in total. The second-order valence-electron chi connectivity index (χ2n) is 9.00. The summed E-state index contributed by atoms with van der Waals surface area (Å²) in [5.41, 5.74) is 3.90. The van der Waals surface area contributed by atoms with Crippen molar-refractivity contribution in [2.45, 2.75) is 58.2 Å². The average Bonchev–Trinajstić information content (AvgIpc) is 2.86. The van der Waals surface area contributed by atoms with Crippen molar-refractivity contribution in [1.82, 2.24) is 20.5 Å². The van der Waals surface area contributed by atoms with E-state index in [1.165, 1.54) is 68.3 Å². The maximum atomic E-state index is 4.58. The van der Waals surface area contributed by atoms with Gasteiger partial charge >= 0.3 is 0 Å². The van der Waals surface area contributed by atoms with Crippen LogP contribution in [0.5, 0.6) is 0 Å². The Hall–Kier alpha value is -2.60. The Bertz CT molecular complexity index is 851. The second-order valence-corrected chi connectivity index (χ2v) is 9.00. The first kappa shape index (κ1) is 22.6. The zero-order chi connectivity index (χ0) is 22.0. The van der Waals surface area contributed by atoms with Crippen molar-refractivity contribution in [1.29, 1.82) is 0 Å². The fourth-order valence-electron chi connectivity index (χ4n) is 4.60. The SMILES string of the molecule is CN=C(NCc1ccc(CN2CCCCC2)cc1)NCc1ccnc(N2CCCCC2)c1. The van der Waals surface area contributed by atoms with Crippen LogP contribution in [0, 0.1) is 0 Å². The van der Waals surface area contributed by atoms with Gasteiger partial charge in [0.2, 0.25) is 0 Å². The smallest absolute Gasteiger partial charge is 0.191 e. The third kappa shape index (κ3) is 6.70. The van der Waals surface area contributed by atoms with E-state index in [1.54, 1.807) is 0 Å². The van der Waals surface area contributed by atoms with E-state index in [0.29, 0.717) is 0 Å². The van der Waals surface area contributed by atoms with Crippen LogP contribution in [0.4, 0.5) is 5.82 Å². The molecule has 0 radical (unpaired) electrons. The monoisotopic (exact) mass is 434 g/mol. The van der Waals surface area contributed by atoms with Crippen molar-refractivity contribution in [2.24, 2.45) is 4.99 Å². The number of nitrogens with one attached hydrogen (secondary N) is 2. The maximum Gasteiger partial charge on any atom is 0.191 e. The summed E-state index contributed by atoms with van der Waals surface area (Å²) in [6.07, 6.45) is 9.85. The molecule has 1 aromatic carbocycles. The minimum absolute atomic E-state index is 0.734. The quantitative estimate of drug-likeness (QED) is 0.511. The fourth-order valence-corrected chi connectivity index (χ4v) is 4.60. The van der Waals surface area contributed by atoms with Gasteiger partial charge in [0.15, 0.2) is 5.96 Å². The highest BCUT2D eigenvalue weighted by atomic mass is 15.2. The first-order valence-corrected chi connectivity index (χ1v) is 12.2. The van der Waals surface area contributed by atoms with E-state index in [-0.39, 0.29) is 0 Å². The topological polar surface area (TPSA) is 55.8 Å². The molecule has 0 amide bonds. The number of nitrogens with zero attached hydrogens (tertiary/aromatic N) is 4. The normalized spacial score (nSPS) is 17.9. The van der Waals surface area contributed by atoms with Crippen LogP contribution in [0.3, 0.4) is 0 Å². The molecule has 2 N–H and O–H groups in total. The van der Waals surface area contributed by atoms with Gasteiger partial charge in [-0.05, 0) is 74.0 Å². The van der Waals surface area contributed by atoms with Gasteiger partial charge in [0.1, 0.15) is 5.82 Å². The Morgan fingerprint density at radius 2 is 1.44 bits per heavy atom. The van der Waals surface area contributed by atoms with E-state index in [4.69, 9.17) is 0 Å². The van der Waals surface area contributed by atoms with E-state index in [1.807, 2.05) is 13.2 Å². The van der Waals surface area contributed by atoms with Crippen molar-refractivity contribution < 1.29 is 0 Å². The number of hydrogen-bond acceptors (Lipinski definition) is 4. The molecule has 1 aromatic heterocycles. The highest BCUT2D eigenvalue weighted by Crippen LogP contribution is 2.18. The van der Waals surface area contributed by atoms with Crippen LogP contribution in [-0.2, 0) is 19.6 Å². The van der Waals surface area contributed by atoms with Gasteiger partial charge in [-0.15, -0.1) is 0 Å². The van der Waals surface area contributed by atoms with E-state index in [2.05, 4.69) is 66.8 Å². The molecule has 2 aliphatic heterocycles. The number of aromatic nitrogens is 1. The molecule has 2 fully saturated rings. The van der Waals surface area contributed by atoms with Gasteiger partial charge in [-0.1, -0.05) is 30.7 Å². The largest absolute Gasteiger partial charge is 0.357 e. The van der Waals surface area contributed by atoms with Crippen molar-refractivity contribution in [3.63, 3.8) is 0 Å². The number of aliphatic imine (C=N–C) groups is 1. The molecule has 0 unspecified atom stereocenters. The van der Waals surface area contributed by atoms with Crippen LogP contribution in [0.2, 0.25) is 0 Å². The van der Waals surface area contributed by atoms with Crippen LogP contribution in [0.25, 0.3) is 0 Å². The number of guanidine groups is 1. The van der Waals surface area contributed by atoms with Crippen molar-refractivity contribution in [3.05, 3.63) is 59.3 Å². The number of anilines is 1. The zero-order valence-electron chi connectivity index (χ0n) is 19.5. The Balaban J connectivity index is 1.23. The Labute approximate surface area is 193 Å². The first-order chi connectivity index (χ1) is 15.8. The Morgan fingerprint density at radius 1 is 0.812 bits per heavy atom. The van der Waals surface area contributed by atoms with Gasteiger partial charge < -0.3 is 15.5 Å². The molecule has 0 aliphatic carbocycles. The molecule has 6 heteroatoms. The van der Waals surface area contributed by atoms with Crippen LogP contribution < -0.4 is 15.5 Å². The summed E-state index contributed by atoms with van der Waals surface area (Å²) >= 11 is 0. The molecular weight excluding hydrogens is 396 g/mol. The third-order valence-electron chi connectivity index (χ3n) is 6.51. The lowest BCUT2D eigenvalue weighted by molar-refractivity contribution is 0.221. The van der Waals surface area contributed by atoms with Crippen LogP contribution in [0.1, 0.15) is 55.2 Å². The third-order valence-corrected chi connectivity index (χ3v) is 6.51. The standard InChI is InChI=1S/C26H38N6/c1-27-26(30-20-24-12-13-28-25(18-24)32-16-6-3-7-17-32)29-19-22-8-10-23(11-9-22)21-31-14-4-2-5-15-31/h8-13,18H,2-7,14-17,19-21H2,1H3,(H2,27,29,30). The van der Waals surface area contributed by atoms with E-state index in [0.717, 1.165) is 44.5 Å². The lowest BCUT2D eigenvalue weighted by atomic mass is 10.1. The van der Waals surface area contributed by atoms with Crippen LogP contribution in [0.15, 0.2) is 47.6 Å². The predicted octanol–water partition coefficient (Wildman–Crippen LogP) is 3.92. The van der Waals surface area contributed by atoms with Gasteiger partial charge in [0.25, 0.3) is 0 Å². The molecular formula is C26H38N6. The highest BCUT2D eigenvalue weighted by molar-refractivity contribution is 5.79. The van der Waals surface area contributed by atoms with Crippen LogP contribution >= 0.6 is 0 Å². The number of benzene rings is 1. The molecule has 0 atom stereocenters. The lowest BCUT2D eigenvalue weighted by Gasteiger charge is -2.28. The summed E-state index contributed by atoms with van der Waals surface area (Å²) in [7, 11) is 1.82. The summed E-state index contributed by atoms with van der Waals surface area (Å²) in [6, 6.07) is 13.3. The molecule has 0 saturated carbocycles. The number of piperidine rings is 2. The lowest BCUT2D eigenvalue weighted by Crippen LogP contribution is -2.36. The Kier molecular flexibility index (Phi) is 8.37. The molecule has 2 aromatic rings. The number of hydrogen-bond donors (Lipinski definition) is 2. The summed E-state index contributed by atoms with van der Waals surface area (Å²) in [6.45, 7) is 7.28. The molecule has 2 aliphatic rings. The molecule has 4 rings (SSSR count). The van der Waals surface area contributed by atoms with Crippen molar-refractivity contribution in [2.75, 3.05) is 38.1 Å². The van der Waals surface area contributed by atoms with E-state index in [9.17, 15) is 0 Å². The highest BCUT2D eigenvalue weighted by Gasteiger charge is 2.13. The number of pyridine rings is 1. The van der Waals surface area contributed by atoms with Gasteiger partial charge in [-0.2, -0.15) is 0 Å². The van der Waals surface area contributed by atoms with E-state index >= 15 is 0 Å². The molecule has 172 valence electrons. The predicted molar refractivity (Wildman–Crippen MR) is 133 cm³/mol.